The zero-order valence-electron chi connectivity index (χ0n) is 18.4. The molecule has 0 spiro atoms. The molecule has 0 aromatic heterocycles. The predicted octanol–water partition coefficient (Wildman–Crippen LogP) is 3.07. The van der Waals surface area contributed by atoms with E-state index in [1.165, 1.54) is 0 Å². The topological polar surface area (TPSA) is 95.5 Å². The van der Waals surface area contributed by atoms with E-state index in [0.717, 1.165) is 25.2 Å². The third-order valence-electron chi connectivity index (χ3n) is 3.87. The van der Waals surface area contributed by atoms with Gasteiger partial charge in [0.1, 0.15) is 6.04 Å². The molecule has 2 unspecified atom stereocenters. The highest BCUT2D eigenvalue weighted by molar-refractivity contribution is 5.91. The number of aliphatic hydroxyl groups excluding tert-OH is 1. The second-order valence-electron chi connectivity index (χ2n) is 8.17. The lowest BCUT2D eigenvalue weighted by Crippen LogP contribution is -2.50. The molecule has 160 valence electrons. The van der Waals surface area contributed by atoms with Gasteiger partial charge in [0.05, 0.1) is 13.2 Å². The monoisotopic (exact) mass is 386 g/mol. The van der Waals surface area contributed by atoms with Crippen LogP contribution in [0.15, 0.2) is 0 Å². The maximum atomic E-state index is 11.9. The summed E-state index contributed by atoms with van der Waals surface area (Å²) in [6.07, 6.45) is 3.84. The number of aliphatic hydroxyl groups is 1. The van der Waals surface area contributed by atoms with Gasteiger partial charge in [-0.15, -0.1) is 0 Å². The molecular weight excluding hydrogens is 344 g/mol. The summed E-state index contributed by atoms with van der Waals surface area (Å²) in [4.78, 5) is 35.4. The summed E-state index contributed by atoms with van der Waals surface area (Å²) in [5.41, 5.74) is 0. The third kappa shape index (κ3) is 17.7. The second-order valence-corrected chi connectivity index (χ2v) is 8.17. The van der Waals surface area contributed by atoms with Crippen LogP contribution in [0.5, 0.6) is 0 Å². The zero-order chi connectivity index (χ0) is 21.4. The van der Waals surface area contributed by atoms with Crippen LogP contribution in [0.4, 0.5) is 0 Å². The summed E-state index contributed by atoms with van der Waals surface area (Å²) in [5, 5.41) is 14.2. The zero-order valence-corrected chi connectivity index (χ0v) is 18.4. The molecule has 0 aromatic carbocycles. The SMILES string of the molecule is CC(C)C.CCC(C)C(=O)CNC(=O)C(CO)NC(=O)CCCCC(C)C. The summed E-state index contributed by atoms with van der Waals surface area (Å²) in [7, 11) is 0. The number of ketones is 1. The van der Waals surface area contributed by atoms with E-state index in [1.54, 1.807) is 6.92 Å². The predicted molar refractivity (Wildman–Crippen MR) is 110 cm³/mol. The lowest BCUT2D eigenvalue weighted by Gasteiger charge is -2.17. The number of Topliss-reactive ketones (excluding diaryl/α,β-unsaturated/α-hetero) is 1. The smallest absolute Gasteiger partial charge is 0.245 e. The minimum atomic E-state index is -1.00. The van der Waals surface area contributed by atoms with E-state index < -0.39 is 18.6 Å². The molecule has 0 rings (SSSR count). The summed E-state index contributed by atoms with van der Waals surface area (Å²) in [6, 6.07) is -1.00. The van der Waals surface area contributed by atoms with Crippen molar-refractivity contribution in [2.75, 3.05) is 13.2 Å². The van der Waals surface area contributed by atoms with E-state index >= 15 is 0 Å². The van der Waals surface area contributed by atoms with Crippen LogP contribution in [0.2, 0.25) is 0 Å². The minimum Gasteiger partial charge on any atom is -0.394 e. The number of nitrogens with one attached hydrogen (secondary N) is 2. The van der Waals surface area contributed by atoms with E-state index in [4.69, 9.17) is 0 Å². The Labute approximate surface area is 165 Å². The van der Waals surface area contributed by atoms with Gasteiger partial charge in [-0.2, -0.15) is 0 Å². The Bertz CT molecular complexity index is 420. The highest BCUT2D eigenvalue weighted by Gasteiger charge is 2.21. The Hall–Kier alpha value is -1.43. The molecule has 6 heteroatoms. The summed E-state index contributed by atoms with van der Waals surface area (Å²) < 4.78 is 0. The van der Waals surface area contributed by atoms with E-state index in [0.29, 0.717) is 18.8 Å². The van der Waals surface area contributed by atoms with E-state index in [2.05, 4.69) is 45.3 Å². The molecule has 0 fully saturated rings. The molecule has 0 aliphatic rings. The highest BCUT2D eigenvalue weighted by Crippen LogP contribution is 2.08. The molecule has 0 heterocycles. The molecule has 0 bridgehead atoms. The van der Waals surface area contributed by atoms with Crippen LogP contribution in [-0.2, 0) is 14.4 Å². The van der Waals surface area contributed by atoms with Crippen molar-refractivity contribution in [3.8, 4) is 0 Å². The molecule has 2 amide bonds. The number of unbranched alkanes of at least 4 members (excludes halogenated alkanes) is 1. The Morgan fingerprint density at radius 3 is 1.96 bits per heavy atom. The van der Waals surface area contributed by atoms with E-state index in [-0.39, 0.29) is 24.2 Å². The average Bonchev–Trinajstić information content (AvgIpc) is 2.59. The van der Waals surface area contributed by atoms with Crippen LogP contribution >= 0.6 is 0 Å². The Morgan fingerprint density at radius 2 is 1.52 bits per heavy atom. The van der Waals surface area contributed by atoms with Crippen LogP contribution in [-0.4, -0.2) is 41.9 Å². The van der Waals surface area contributed by atoms with Gasteiger partial charge in [0.15, 0.2) is 5.78 Å². The maximum absolute atomic E-state index is 11.9. The summed E-state index contributed by atoms with van der Waals surface area (Å²) >= 11 is 0. The van der Waals surface area contributed by atoms with Crippen LogP contribution < -0.4 is 10.6 Å². The lowest BCUT2D eigenvalue weighted by molar-refractivity contribution is -0.131. The Balaban J connectivity index is 0. The number of carbonyl (C=O) groups is 3. The van der Waals surface area contributed by atoms with Gasteiger partial charge in [-0.1, -0.05) is 61.3 Å². The molecule has 0 radical (unpaired) electrons. The Kier molecular flexibility index (Phi) is 17.2. The van der Waals surface area contributed by atoms with Gasteiger partial charge >= 0.3 is 0 Å². The van der Waals surface area contributed by atoms with Crippen molar-refractivity contribution in [3.05, 3.63) is 0 Å². The minimum absolute atomic E-state index is 0.0578. The van der Waals surface area contributed by atoms with Gasteiger partial charge in [-0.3, -0.25) is 14.4 Å². The lowest BCUT2D eigenvalue weighted by atomic mass is 10.0. The molecule has 0 aliphatic heterocycles. The van der Waals surface area contributed by atoms with Crippen molar-refractivity contribution in [3.63, 3.8) is 0 Å². The molecular formula is C21H42N2O4. The first-order chi connectivity index (χ1) is 12.5. The van der Waals surface area contributed by atoms with Crippen molar-refractivity contribution < 1.29 is 19.5 Å². The largest absolute Gasteiger partial charge is 0.394 e. The molecule has 0 saturated heterocycles. The number of amides is 2. The van der Waals surface area contributed by atoms with Gasteiger partial charge < -0.3 is 15.7 Å². The van der Waals surface area contributed by atoms with Gasteiger partial charge in [0.25, 0.3) is 0 Å². The first-order valence-corrected chi connectivity index (χ1v) is 10.3. The van der Waals surface area contributed by atoms with Gasteiger partial charge in [-0.05, 0) is 24.7 Å². The van der Waals surface area contributed by atoms with Crippen LogP contribution in [0.25, 0.3) is 0 Å². The fraction of sp³-hybridized carbons (Fsp3) is 0.857. The fourth-order valence-corrected chi connectivity index (χ4v) is 2.00. The standard InChI is InChI=1S/C17H32N2O4.C4H10/c1-5-13(4)15(21)10-18-17(23)14(11-20)19-16(22)9-7-6-8-12(2)3;1-4(2)3/h12-14,20H,5-11H2,1-4H3,(H,18,23)(H,19,22);4H,1-3H3. The number of hydrogen-bond donors (Lipinski definition) is 3. The first kappa shape index (κ1) is 27.8. The van der Waals surface area contributed by atoms with Crippen LogP contribution in [0.1, 0.15) is 80.6 Å². The van der Waals surface area contributed by atoms with Crippen LogP contribution in [0, 0.1) is 17.8 Å². The van der Waals surface area contributed by atoms with Crippen molar-refractivity contribution in [1.29, 1.82) is 0 Å². The van der Waals surface area contributed by atoms with E-state index in [9.17, 15) is 19.5 Å². The molecule has 2 atom stereocenters. The molecule has 3 N–H and O–H groups in total. The fourth-order valence-electron chi connectivity index (χ4n) is 2.00. The van der Waals surface area contributed by atoms with Crippen LogP contribution in [0.3, 0.4) is 0 Å². The molecule has 0 aromatic rings. The van der Waals surface area contributed by atoms with Crippen molar-refractivity contribution in [2.24, 2.45) is 17.8 Å². The summed E-state index contributed by atoms with van der Waals surface area (Å²) in [6.45, 7) is 13.9. The molecule has 27 heavy (non-hydrogen) atoms. The van der Waals surface area contributed by atoms with Gasteiger partial charge in [0.2, 0.25) is 11.8 Å². The molecule has 0 aliphatic carbocycles. The average molecular weight is 387 g/mol. The number of rotatable bonds is 12. The molecule has 0 saturated carbocycles. The maximum Gasteiger partial charge on any atom is 0.245 e. The van der Waals surface area contributed by atoms with Crippen molar-refractivity contribution in [2.45, 2.75) is 86.6 Å². The first-order valence-electron chi connectivity index (χ1n) is 10.3. The summed E-state index contributed by atoms with van der Waals surface area (Å²) in [5.74, 6) is 0.490. The quantitative estimate of drug-likeness (QED) is 0.449. The number of carbonyl (C=O) groups excluding carboxylic acids is 3. The van der Waals surface area contributed by atoms with Crippen molar-refractivity contribution in [1.82, 2.24) is 10.6 Å². The number of hydrogen-bond acceptors (Lipinski definition) is 4. The van der Waals surface area contributed by atoms with E-state index in [1.807, 2.05) is 6.92 Å². The third-order valence-corrected chi connectivity index (χ3v) is 3.87. The second kappa shape index (κ2) is 16.7. The highest BCUT2D eigenvalue weighted by atomic mass is 16.3. The Morgan fingerprint density at radius 1 is 0.963 bits per heavy atom. The molecule has 6 nitrogen and oxygen atoms in total. The van der Waals surface area contributed by atoms with Gasteiger partial charge in [0, 0.05) is 12.3 Å². The van der Waals surface area contributed by atoms with Crippen molar-refractivity contribution >= 4 is 17.6 Å². The normalized spacial score (nSPS) is 12.8. The van der Waals surface area contributed by atoms with Gasteiger partial charge in [-0.25, -0.2) is 0 Å².